The molecular formula is C12H13BrN2O2S2. The highest BCUT2D eigenvalue weighted by molar-refractivity contribution is 9.11. The van der Waals surface area contributed by atoms with Crippen molar-refractivity contribution in [2.24, 2.45) is 0 Å². The normalized spacial score (nSPS) is 11.7. The predicted octanol–water partition coefficient (Wildman–Crippen LogP) is 2.74. The van der Waals surface area contributed by atoms with Gasteiger partial charge in [0, 0.05) is 23.8 Å². The van der Waals surface area contributed by atoms with E-state index >= 15 is 0 Å². The summed E-state index contributed by atoms with van der Waals surface area (Å²) in [6.45, 7) is 2.17. The quantitative estimate of drug-likeness (QED) is 0.891. The third-order valence-electron chi connectivity index (χ3n) is 2.59. The first-order chi connectivity index (χ1) is 8.99. The molecule has 0 amide bonds. The van der Waals surface area contributed by atoms with E-state index in [0.29, 0.717) is 17.9 Å². The second-order valence-electron chi connectivity index (χ2n) is 3.97. The van der Waals surface area contributed by atoms with E-state index in [1.54, 1.807) is 25.4 Å². The number of hydrogen-bond donors (Lipinski definition) is 1. The lowest BCUT2D eigenvalue weighted by Gasteiger charge is -2.06. The molecule has 19 heavy (non-hydrogen) atoms. The van der Waals surface area contributed by atoms with Crippen molar-refractivity contribution in [1.29, 1.82) is 0 Å². The Morgan fingerprint density at radius 2 is 2.05 bits per heavy atom. The Morgan fingerprint density at radius 1 is 1.37 bits per heavy atom. The van der Waals surface area contributed by atoms with Crippen LogP contribution in [0.4, 0.5) is 0 Å². The molecule has 102 valence electrons. The number of aromatic nitrogens is 1. The van der Waals surface area contributed by atoms with Gasteiger partial charge in [-0.2, -0.15) is 0 Å². The summed E-state index contributed by atoms with van der Waals surface area (Å²) in [5.74, 6) is 0. The number of nitrogens with zero attached hydrogens (tertiary/aromatic N) is 1. The lowest BCUT2D eigenvalue weighted by molar-refractivity contribution is 0.581. The molecule has 0 unspecified atom stereocenters. The smallest absolute Gasteiger partial charge is 0.241 e. The molecule has 2 heterocycles. The fourth-order valence-corrected chi connectivity index (χ4v) is 5.10. The highest BCUT2D eigenvalue weighted by atomic mass is 79.9. The Morgan fingerprint density at radius 3 is 2.63 bits per heavy atom. The van der Waals surface area contributed by atoms with Gasteiger partial charge in [0.2, 0.25) is 10.0 Å². The van der Waals surface area contributed by atoms with Crippen molar-refractivity contribution in [3.63, 3.8) is 0 Å². The van der Waals surface area contributed by atoms with Crippen molar-refractivity contribution in [2.75, 3.05) is 6.54 Å². The van der Waals surface area contributed by atoms with Gasteiger partial charge in [-0.25, -0.2) is 13.1 Å². The molecule has 0 radical (unpaired) electrons. The maximum atomic E-state index is 12.1. The van der Waals surface area contributed by atoms with Crippen molar-refractivity contribution >= 4 is 37.3 Å². The Kier molecular flexibility index (Phi) is 4.72. The lowest BCUT2D eigenvalue weighted by atomic mass is 10.2. The van der Waals surface area contributed by atoms with E-state index in [0.717, 1.165) is 14.2 Å². The number of thiophene rings is 1. The first kappa shape index (κ1) is 14.6. The summed E-state index contributed by atoms with van der Waals surface area (Å²) >= 11 is 4.71. The standard InChI is InChI=1S/C12H13BrN2O2S2/c1-9-11(8-12(13)18-9)19(16,17)15-7-4-10-2-5-14-6-3-10/h2-3,5-6,8,15H,4,7H2,1H3. The summed E-state index contributed by atoms with van der Waals surface area (Å²) in [6, 6.07) is 5.39. The fourth-order valence-electron chi connectivity index (χ4n) is 1.65. The number of aryl methyl sites for hydroxylation is 1. The molecule has 7 heteroatoms. The molecule has 1 N–H and O–H groups in total. The van der Waals surface area contributed by atoms with Gasteiger partial charge in [-0.05, 0) is 53.0 Å². The van der Waals surface area contributed by atoms with Gasteiger partial charge in [0.05, 0.1) is 8.68 Å². The average molecular weight is 361 g/mol. The highest BCUT2D eigenvalue weighted by Crippen LogP contribution is 2.29. The lowest BCUT2D eigenvalue weighted by Crippen LogP contribution is -2.26. The van der Waals surface area contributed by atoms with E-state index in [-0.39, 0.29) is 0 Å². The first-order valence-electron chi connectivity index (χ1n) is 5.63. The Hall–Kier alpha value is -0.760. The van der Waals surface area contributed by atoms with Gasteiger partial charge in [0.15, 0.2) is 0 Å². The second kappa shape index (κ2) is 6.13. The molecule has 0 fully saturated rings. The number of rotatable bonds is 5. The summed E-state index contributed by atoms with van der Waals surface area (Å²) in [4.78, 5) is 5.05. The molecule has 2 aromatic rings. The van der Waals surface area contributed by atoms with Gasteiger partial charge in [-0.1, -0.05) is 0 Å². The predicted molar refractivity (Wildman–Crippen MR) is 79.9 cm³/mol. The molecule has 0 aromatic carbocycles. The van der Waals surface area contributed by atoms with Gasteiger partial charge in [0.1, 0.15) is 0 Å². The van der Waals surface area contributed by atoms with Crippen LogP contribution in [0.15, 0.2) is 39.3 Å². The van der Waals surface area contributed by atoms with E-state index in [2.05, 4.69) is 25.6 Å². The van der Waals surface area contributed by atoms with Gasteiger partial charge in [0.25, 0.3) is 0 Å². The van der Waals surface area contributed by atoms with Crippen molar-refractivity contribution in [3.8, 4) is 0 Å². The minimum atomic E-state index is -3.43. The zero-order valence-corrected chi connectivity index (χ0v) is 13.5. The molecule has 4 nitrogen and oxygen atoms in total. The number of sulfonamides is 1. The SMILES string of the molecule is Cc1sc(Br)cc1S(=O)(=O)NCCc1ccncc1. The molecule has 0 aliphatic heterocycles. The van der Waals surface area contributed by atoms with Crippen LogP contribution in [0.3, 0.4) is 0 Å². The summed E-state index contributed by atoms with van der Waals surface area (Å²) in [7, 11) is -3.43. The van der Waals surface area contributed by atoms with Crippen LogP contribution >= 0.6 is 27.3 Å². The van der Waals surface area contributed by atoms with Crippen LogP contribution in [0.25, 0.3) is 0 Å². The van der Waals surface area contributed by atoms with Crippen LogP contribution in [0.5, 0.6) is 0 Å². The highest BCUT2D eigenvalue weighted by Gasteiger charge is 2.18. The molecule has 2 aromatic heterocycles. The van der Waals surface area contributed by atoms with E-state index in [1.807, 2.05) is 12.1 Å². The molecule has 0 aliphatic rings. The van der Waals surface area contributed by atoms with Crippen molar-refractivity contribution < 1.29 is 8.42 Å². The number of hydrogen-bond acceptors (Lipinski definition) is 4. The summed E-state index contributed by atoms with van der Waals surface area (Å²) in [5.41, 5.74) is 1.06. The van der Waals surface area contributed by atoms with Gasteiger partial charge in [-0.15, -0.1) is 11.3 Å². The molecule has 0 atom stereocenters. The third-order valence-corrected chi connectivity index (χ3v) is 5.86. The van der Waals surface area contributed by atoms with Crippen LogP contribution < -0.4 is 4.72 Å². The number of nitrogens with one attached hydrogen (secondary N) is 1. The van der Waals surface area contributed by atoms with Crippen LogP contribution in [-0.4, -0.2) is 19.9 Å². The molecule has 0 spiro atoms. The average Bonchev–Trinajstić information content (AvgIpc) is 2.70. The minimum absolute atomic E-state index is 0.346. The summed E-state index contributed by atoms with van der Waals surface area (Å²) in [6.07, 6.45) is 4.04. The van der Waals surface area contributed by atoms with Crippen LogP contribution in [0, 0.1) is 6.92 Å². The molecule has 0 saturated carbocycles. The molecule has 0 aliphatic carbocycles. The largest absolute Gasteiger partial charge is 0.265 e. The molecular weight excluding hydrogens is 348 g/mol. The second-order valence-corrected chi connectivity index (χ2v) is 8.35. The van der Waals surface area contributed by atoms with Crippen LogP contribution in [0.1, 0.15) is 10.4 Å². The summed E-state index contributed by atoms with van der Waals surface area (Å²) in [5, 5.41) is 0. The maximum Gasteiger partial charge on any atom is 0.241 e. The van der Waals surface area contributed by atoms with Crippen molar-refractivity contribution in [2.45, 2.75) is 18.2 Å². The first-order valence-corrected chi connectivity index (χ1v) is 8.73. The van der Waals surface area contributed by atoms with Gasteiger partial charge in [-0.3, -0.25) is 4.98 Å². The zero-order chi connectivity index (χ0) is 13.9. The van der Waals surface area contributed by atoms with E-state index < -0.39 is 10.0 Å². The Bertz CT molecular complexity index is 654. The van der Waals surface area contributed by atoms with Gasteiger partial charge >= 0.3 is 0 Å². The maximum absolute atomic E-state index is 12.1. The topological polar surface area (TPSA) is 59.1 Å². The van der Waals surface area contributed by atoms with Crippen LogP contribution in [-0.2, 0) is 16.4 Å². The Labute approximate surface area is 125 Å². The monoisotopic (exact) mass is 360 g/mol. The minimum Gasteiger partial charge on any atom is -0.265 e. The zero-order valence-electron chi connectivity index (χ0n) is 10.3. The van der Waals surface area contributed by atoms with E-state index in [9.17, 15) is 8.42 Å². The number of halogens is 1. The molecule has 0 saturated heterocycles. The van der Waals surface area contributed by atoms with Crippen molar-refractivity contribution in [3.05, 3.63) is 44.8 Å². The fraction of sp³-hybridized carbons (Fsp3) is 0.250. The molecule has 0 bridgehead atoms. The van der Waals surface area contributed by atoms with E-state index in [4.69, 9.17) is 0 Å². The van der Waals surface area contributed by atoms with Crippen molar-refractivity contribution in [1.82, 2.24) is 9.71 Å². The van der Waals surface area contributed by atoms with E-state index in [1.165, 1.54) is 11.3 Å². The number of pyridine rings is 1. The Balaban J connectivity index is 2.01. The molecule has 2 rings (SSSR count). The third kappa shape index (κ3) is 3.85. The van der Waals surface area contributed by atoms with Crippen LogP contribution in [0.2, 0.25) is 0 Å². The summed E-state index contributed by atoms with van der Waals surface area (Å²) < 4.78 is 27.7. The van der Waals surface area contributed by atoms with Gasteiger partial charge < -0.3 is 0 Å².